The van der Waals surface area contributed by atoms with Crippen molar-refractivity contribution in [2.24, 2.45) is 0 Å². The van der Waals surface area contributed by atoms with Crippen molar-refractivity contribution < 1.29 is 10.0 Å². The van der Waals surface area contributed by atoms with Crippen LogP contribution >= 0.6 is 24.8 Å². The molecule has 0 unspecified atom stereocenters. The molecule has 1 aliphatic heterocycles. The number of aliphatic hydroxyl groups is 1. The van der Waals surface area contributed by atoms with Gasteiger partial charge in [-0.15, -0.1) is 24.8 Å². The first-order chi connectivity index (χ1) is 16.6. The van der Waals surface area contributed by atoms with Crippen molar-refractivity contribution in [2.75, 3.05) is 44.7 Å². The molecule has 3 aromatic rings. The van der Waals surface area contributed by atoms with E-state index in [-0.39, 0.29) is 42.0 Å². The molecule has 1 aliphatic rings. The van der Waals surface area contributed by atoms with Crippen LogP contribution in [0.25, 0.3) is 11.1 Å². The first-order valence-corrected chi connectivity index (χ1v) is 11.7. The van der Waals surface area contributed by atoms with E-state index >= 15 is 0 Å². The third-order valence-electron chi connectivity index (χ3n) is 6.40. The number of nitro groups is 1. The van der Waals surface area contributed by atoms with Crippen molar-refractivity contribution in [3.63, 3.8) is 0 Å². The fourth-order valence-electron chi connectivity index (χ4n) is 4.48. The monoisotopic (exact) mass is 529 g/mol. The lowest BCUT2D eigenvalue weighted by atomic mass is 9.87. The Hall–Kier alpha value is -2.90. The highest BCUT2D eigenvalue weighted by Gasteiger charge is 2.18. The SMILES string of the molecule is CN1CCN(c2ccc(/C(=C(/CCCO)c3ccccc3)c3ccc([N+](=O)[O-])cc3)cc2)CC1.Cl.Cl. The fraction of sp³-hybridized carbons (Fsp3) is 0.286. The molecule has 192 valence electrons. The summed E-state index contributed by atoms with van der Waals surface area (Å²) in [5.74, 6) is 0. The average Bonchev–Trinajstić information content (AvgIpc) is 2.88. The summed E-state index contributed by atoms with van der Waals surface area (Å²) in [5.41, 5.74) is 6.52. The molecule has 0 aliphatic carbocycles. The summed E-state index contributed by atoms with van der Waals surface area (Å²) >= 11 is 0. The van der Waals surface area contributed by atoms with Gasteiger partial charge >= 0.3 is 0 Å². The van der Waals surface area contributed by atoms with Gasteiger partial charge in [-0.3, -0.25) is 10.1 Å². The van der Waals surface area contributed by atoms with Gasteiger partial charge in [0, 0.05) is 50.6 Å². The highest BCUT2D eigenvalue weighted by molar-refractivity contribution is 5.98. The molecule has 1 heterocycles. The quantitative estimate of drug-likeness (QED) is 0.222. The van der Waals surface area contributed by atoms with Crippen molar-refractivity contribution in [2.45, 2.75) is 12.8 Å². The predicted octanol–water partition coefficient (Wildman–Crippen LogP) is 5.92. The van der Waals surface area contributed by atoms with E-state index in [0.717, 1.165) is 54.0 Å². The third-order valence-corrected chi connectivity index (χ3v) is 6.40. The van der Waals surface area contributed by atoms with Gasteiger partial charge in [0.1, 0.15) is 0 Å². The summed E-state index contributed by atoms with van der Waals surface area (Å²) in [6.07, 6.45) is 1.34. The molecule has 0 radical (unpaired) electrons. The van der Waals surface area contributed by atoms with Gasteiger partial charge in [0.25, 0.3) is 5.69 Å². The predicted molar refractivity (Wildman–Crippen MR) is 152 cm³/mol. The number of hydrogen-bond donors (Lipinski definition) is 1. The van der Waals surface area contributed by atoms with Crippen molar-refractivity contribution in [1.29, 1.82) is 0 Å². The average molecular weight is 530 g/mol. The summed E-state index contributed by atoms with van der Waals surface area (Å²) in [4.78, 5) is 15.6. The number of likely N-dealkylation sites (N-methyl/N-ethyl adjacent to an activating group) is 1. The fourth-order valence-corrected chi connectivity index (χ4v) is 4.48. The largest absolute Gasteiger partial charge is 0.396 e. The maximum absolute atomic E-state index is 11.2. The highest BCUT2D eigenvalue weighted by atomic mass is 35.5. The lowest BCUT2D eigenvalue weighted by Crippen LogP contribution is -2.44. The van der Waals surface area contributed by atoms with E-state index in [4.69, 9.17) is 0 Å². The summed E-state index contributed by atoms with van der Waals surface area (Å²) in [7, 11) is 2.15. The molecule has 8 heteroatoms. The molecule has 0 bridgehead atoms. The van der Waals surface area contributed by atoms with Crippen molar-refractivity contribution in [3.8, 4) is 0 Å². The number of aliphatic hydroxyl groups excluding tert-OH is 1. The zero-order valence-corrected chi connectivity index (χ0v) is 22.0. The molecule has 1 fully saturated rings. The zero-order valence-electron chi connectivity index (χ0n) is 20.4. The molecule has 6 nitrogen and oxygen atoms in total. The van der Waals surface area contributed by atoms with Crippen molar-refractivity contribution in [3.05, 3.63) is 106 Å². The van der Waals surface area contributed by atoms with E-state index in [2.05, 4.69) is 53.2 Å². The number of benzene rings is 3. The Morgan fingerprint density at radius 1 is 0.833 bits per heavy atom. The number of allylic oxidation sites excluding steroid dienone is 1. The number of piperazine rings is 1. The van der Waals surface area contributed by atoms with Crippen LogP contribution < -0.4 is 4.90 Å². The second-order valence-electron chi connectivity index (χ2n) is 8.69. The Bertz CT molecular complexity index is 1130. The van der Waals surface area contributed by atoms with E-state index < -0.39 is 0 Å². The number of halogens is 2. The molecular weight excluding hydrogens is 497 g/mol. The minimum Gasteiger partial charge on any atom is -0.396 e. The van der Waals surface area contributed by atoms with Crippen LogP contribution in [0.2, 0.25) is 0 Å². The molecular formula is C28H33Cl2N3O3. The highest BCUT2D eigenvalue weighted by Crippen LogP contribution is 2.36. The van der Waals surface area contributed by atoms with Gasteiger partial charge in [-0.2, -0.15) is 0 Å². The van der Waals surface area contributed by atoms with Gasteiger partial charge in [-0.25, -0.2) is 0 Å². The molecule has 0 saturated carbocycles. The Morgan fingerprint density at radius 2 is 1.39 bits per heavy atom. The van der Waals surface area contributed by atoms with E-state index in [1.807, 2.05) is 30.3 Å². The molecule has 0 amide bonds. The van der Waals surface area contributed by atoms with Crippen LogP contribution in [0, 0.1) is 10.1 Å². The number of hydrogen-bond acceptors (Lipinski definition) is 5. The zero-order chi connectivity index (χ0) is 23.9. The number of non-ortho nitro benzene ring substituents is 1. The number of anilines is 1. The smallest absolute Gasteiger partial charge is 0.269 e. The van der Waals surface area contributed by atoms with Crippen LogP contribution in [-0.2, 0) is 0 Å². The number of nitro benzene ring substituents is 1. The molecule has 1 N–H and O–H groups in total. The van der Waals surface area contributed by atoms with E-state index in [1.54, 1.807) is 12.1 Å². The second-order valence-corrected chi connectivity index (χ2v) is 8.69. The normalized spacial score (nSPS) is 14.3. The van der Waals surface area contributed by atoms with Gasteiger partial charge in [0.15, 0.2) is 0 Å². The summed E-state index contributed by atoms with van der Waals surface area (Å²) in [6, 6.07) is 25.6. The lowest BCUT2D eigenvalue weighted by molar-refractivity contribution is -0.384. The third kappa shape index (κ3) is 7.08. The molecule has 1 saturated heterocycles. The standard InChI is InChI=1S/C28H31N3O3.2ClH/c1-29-17-19-30(20-18-29)25-13-9-23(10-14-25)28(24-11-15-26(16-12-24)31(33)34)27(8-5-21-32)22-6-3-2-4-7-22;;/h2-4,6-7,9-16,32H,5,8,17-21H2,1H3;2*1H/b28-27+;;. The molecule has 0 atom stereocenters. The Balaban J connectivity index is 0.00000228. The minimum atomic E-state index is -0.373. The first kappa shape index (κ1) is 29.3. The van der Waals surface area contributed by atoms with Gasteiger partial charge in [-0.1, -0.05) is 42.5 Å². The Kier molecular flexibility index (Phi) is 11.4. The van der Waals surface area contributed by atoms with Gasteiger partial charge < -0.3 is 14.9 Å². The van der Waals surface area contributed by atoms with Crippen molar-refractivity contribution in [1.82, 2.24) is 4.90 Å². The van der Waals surface area contributed by atoms with E-state index in [9.17, 15) is 15.2 Å². The second kappa shape index (κ2) is 14.0. The van der Waals surface area contributed by atoms with E-state index in [0.29, 0.717) is 12.8 Å². The summed E-state index contributed by atoms with van der Waals surface area (Å²) in [6.45, 7) is 4.22. The Morgan fingerprint density at radius 3 is 1.92 bits per heavy atom. The van der Waals surface area contributed by atoms with Gasteiger partial charge in [-0.05, 0) is 72.0 Å². The van der Waals surface area contributed by atoms with Crippen LogP contribution in [0.1, 0.15) is 29.5 Å². The summed E-state index contributed by atoms with van der Waals surface area (Å²) in [5, 5.41) is 20.8. The first-order valence-electron chi connectivity index (χ1n) is 11.7. The van der Waals surface area contributed by atoms with Gasteiger partial charge in [0.2, 0.25) is 0 Å². The minimum absolute atomic E-state index is 0. The maximum atomic E-state index is 11.2. The van der Waals surface area contributed by atoms with Crippen LogP contribution in [0.3, 0.4) is 0 Å². The number of nitrogens with zero attached hydrogens (tertiary/aromatic N) is 3. The Labute approximate surface area is 225 Å². The summed E-state index contributed by atoms with van der Waals surface area (Å²) < 4.78 is 0. The van der Waals surface area contributed by atoms with Crippen LogP contribution in [-0.4, -0.2) is 54.8 Å². The molecule has 3 aromatic carbocycles. The topological polar surface area (TPSA) is 69.8 Å². The maximum Gasteiger partial charge on any atom is 0.269 e. The lowest BCUT2D eigenvalue weighted by Gasteiger charge is -2.34. The molecule has 0 aromatic heterocycles. The number of rotatable bonds is 8. The van der Waals surface area contributed by atoms with Crippen LogP contribution in [0.15, 0.2) is 78.9 Å². The molecule has 0 spiro atoms. The van der Waals surface area contributed by atoms with Crippen molar-refractivity contribution >= 4 is 47.3 Å². The van der Waals surface area contributed by atoms with Gasteiger partial charge in [0.05, 0.1) is 4.92 Å². The molecule has 36 heavy (non-hydrogen) atoms. The van der Waals surface area contributed by atoms with E-state index in [1.165, 1.54) is 5.69 Å². The van der Waals surface area contributed by atoms with Crippen LogP contribution in [0.5, 0.6) is 0 Å². The van der Waals surface area contributed by atoms with Crippen LogP contribution in [0.4, 0.5) is 11.4 Å². The molecule has 4 rings (SSSR count).